The van der Waals surface area contributed by atoms with Crippen molar-refractivity contribution in [1.82, 2.24) is 9.88 Å². The summed E-state index contributed by atoms with van der Waals surface area (Å²) in [6.07, 6.45) is 1.57. The van der Waals surface area contributed by atoms with E-state index in [0.29, 0.717) is 36.9 Å². The van der Waals surface area contributed by atoms with Gasteiger partial charge in [0.15, 0.2) is 5.13 Å². The van der Waals surface area contributed by atoms with Crippen LogP contribution in [0.1, 0.15) is 33.3 Å². The number of nitrogens with one attached hydrogen (secondary N) is 1. The number of amides is 2. The van der Waals surface area contributed by atoms with Gasteiger partial charge in [0, 0.05) is 42.3 Å². The summed E-state index contributed by atoms with van der Waals surface area (Å²) in [5, 5.41) is 3.41. The van der Waals surface area contributed by atoms with Gasteiger partial charge in [0.05, 0.1) is 11.6 Å². The molecule has 0 saturated carbocycles. The summed E-state index contributed by atoms with van der Waals surface area (Å²) >= 11 is 1.46. The molecule has 32 heavy (non-hydrogen) atoms. The predicted molar refractivity (Wildman–Crippen MR) is 123 cm³/mol. The van der Waals surface area contributed by atoms with E-state index in [1.807, 2.05) is 23.1 Å². The van der Waals surface area contributed by atoms with E-state index < -0.39 is 0 Å². The third-order valence-electron chi connectivity index (χ3n) is 6.06. The fraction of sp³-hybridized carbons (Fsp3) is 0.292. The molecule has 0 bridgehead atoms. The average Bonchev–Trinajstić information content (AvgIpc) is 3.40. The van der Waals surface area contributed by atoms with Crippen LogP contribution < -0.4 is 10.2 Å². The molecule has 8 heteroatoms. The lowest BCUT2D eigenvalue weighted by molar-refractivity contribution is -0.133. The van der Waals surface area contributed by atoms with Crippen LogP contribution in [-0.4, -0.2) is 47.9 Å². The number of carbonyl (C=O) groups excluding carboxylic acids is 2. The number of piperazine rings is 1. The fourth-order valence-corrected chi connectivity index (χ4v) is 5.37. The minimum Gasteiger partial charge on any atom is -0.368 e. The van der Waals surface area contributed by atoms with Crippen LogP contribution in [0, 0.1) is 5.82 Å². The van der Waals surface area contributed by atoms with Crippen LogP contribution in [0.15, 0.2) is 54.6 Å². The molecule has 0 spiro atoms. The number of hydrogen-bond donors (Lipinski definition) is 1. The SMILES string of the molecule is O=C(Nc1nc2c(s1)CCC2C(=O)N1CCN(c2ccc(F)cc2)CC1)c1ccccc1. The number of benzene rings is 2. The molecule has 1 aliphatic carbocycles. The van der Waals surface area contributed by atoms with E-state index in [-0.39, 0.29) is 23.5 Å². The van der Waals surface area contributed by atoms with Gasteiger partial charge in [-0.05, 0) is 49.2 Å². The van der Waals surface area contributed by atoms with Crippen LogP contribution in [0.4, 0.5) is 15.2 Å². The minimum absolute atomic E-state index is 0.105. The number of carbonyl (C=O) groups is 2. The van der Waals surface area contributed by atoms with E-state index in [2.05, 4.69) is 15.2 Å². The predicted octanol–water partition coefficient (Wildman–Crippen LogP) is 3.91. The molecule has 2 aliphatic rings. The van der Waals surface area contributed by atoms with Crippen molar-refractivity contribution in [3.05, 3.63) is 76.5 Å². The molecular formula is C24H23FN4O2S. The van der Waals surface area contributed by atoms with Crippen molar-refractivity contribution in [1.29, 1.82) is 0 Å². The van der Waals surface area contributed by atoms with Gasteiger partial charge in [-0.3, -0.25) is 14.9 Å². The quantitative estimate of drug-likeness (QED) is 0.655. The van der Waals surface area contributed by atoms with Crippen LogP contribution in [0.5, 0.6) is 0 Å². The maximum atomic E-state index is 13.2. The van der Waals surface area contributed by atoms with Gasteiger partial charge in [0.1, 0.15) is 5.82 Å². The maximum absolute atomic E-state index is 13.2. The molecule has 2 heterocycles. The fourth-order valence-electron chi connectivity index (χ4n) is 4.34. The molecule has 2 amide bonds. The summed E-state index contributed by atoms with van der Waals surface area (Å²) in [4.78, 5) is 35.4. The standard InChI is InChI=1S/C24H23FN4O2S/c25-17-6-8-18(9-7-17)28-12-14-29(15-13-28)23(31)19-10-11-20-21(19)26-24(32-20)27-22(30)16-4-2-1-3-5-16/h1-9,19H,10-15H2,(H,26,27,30). The van der Waals surface area contributed by atoms with Gasteiger partial charge < -0.3 is 9.80 Å². The lowest BCUT2D eigenvalue weighted by atomic mass is 10.1. The van der Waals surface area contributed by atoms with Gasteiger partial charge in [-0.15, -0.1) is 11.3 Å². The molecule has 0 radical (unpaired) electrons. The Labute approximate surface area is 189 Å². The Bertz CT molecular complexity index is 1120. The number of fused-ring (bicyclic) bond motifs is 1. The first-order valence-corrected chi connectivity index (χ1v) is 11.6. The van der Waals surface area contributed by atoms with Crippen LogP contribution in [-0.2, 0) is 11.2 Å². The molecule has 1 unspecified atom stereocenters. The topological polar surface area (TPSA) is 65.5 Å². The van der Waals surface area contributed by atoms with E-state index >= 15 is 0 Å². The summed E-state index contributed by atoms with van der Waals surface area (Å²) in [5.74, 6) is -0.588. The Morgan fingerprint density at radius 3 is 2.44 bits per heavy atom. The Hall–Kier alpha value is -3.26. The highest BCUT2D eigenvalue weighted by Gasteiger charge is 2.36. The van der Waals surface area contributed by atoms with E-state index in [1.54, 1.807) is 24.3 Å². The second-order valence-corrected chi connectivity index (χ2v) is 9.11. The maximum Gasteiger partial charge on any atom is 0.257 e. The molecule has 3 aromatic rings. The molecule has 1 aliphatic heterocycles. The van der Waals surface area contributed by atoms with Crippen molar-refractivity contribution in [2.75, 3.05) is 36.4 Å². The largest absolute Gasteiger partial charge is 0.368 e. The first-order valence-electron chi connectivity index (χ1n) is 10.7. The summed E-state index contributed by atoms with van der Waals surface area (Å²) in [6, 6.07) is 15.5. The molecule has 5 rings (SSSR count). The number of aromatic nitrogens is 1. The van der Waals surface area contributed by atoms with Gasteiger partial charge in [0.25, 0.3) is 5.91 Å². The number of nitrogens with zero attached hydrogens (tertiary/aromatic N) is 3. The second kappa shape index (κ2) is 8.70. The van der Waals surface area contributed by atoms with Gasteiger partial charge in [-0.25, -0.2) is 9.37 Å². The lowest BCUT2D eigenvalue weighted by Gasteiger charge is -2.37. The van der Waals surface area contributed by atoms with Crippen LogP contribution in [0.2, 0.25) is 0 Å². The van der Waals surface area contributed by atoms with Gasteiger partial charge in [-0.2, -0.15) is 0 Å². The third-order valence-corrected chi connectivity index (χ3v) is 7.10. The zero-order valence-corrected chi connectivity index (χ0v) is 18.3. The molecule has 6 nitrogen and oxygen atoms in total. The number of aryl methyl sites for hydroxylation is 1. The first kappa shape index (κ1) is 20.6. The molecule has 164 valence electrons. The van der Waals surface area contributed by atoms with Crippen molar-refractivity contribution in [2.45, 2.75) is 18.8 Å². The number of halogens is 1. The van der Waals surface area contributed by atoms with Gasteiger partial charge in [-0.1, -0.05) is 18.2 Å². The monoisotopic (exact) mass is 450 g/mol. The van der Waals surface area contributed by atoms with Crippen LogP contribution in [0.25, 0.3) is 0 Å². The van der Waals surface area contributed by atoms with Gasteiger partial charge >= 0.3 is 0 Å². The molecular weight excluding hydrogens is 427 g/mol. The van der Waals surface area contributed by atoms with Crippen molar-refractivity contribution in [2.24, 2.45) is 0 Å². The zero-order chi connectivity index (χ0) is 22.1. The second-order valence-electron chi connectivity index (χ2n) is 8.03. The van der Waals surface area contributed by atoms with Crippen molar-refractivity contribution >= 4 is 34.0 Å². The third kappa shape index (κ3) is 4.10. The van der Waals surface area contributed by atoms with E-state index in [0.717, 1.165) is 29.1 Å². The smallest absolute Gasteiger partial charge is 0.257 e. The van der Waals surface area contributed by atoms with Crippen molar-refractivity contribution in [3.63, 3.8) is 0 Å². The number of rotatable bonds is 4. The summed E-state index contributed by atoms with van der Waals surface area (Å²) in [7, 11) is 0. The van der Waals surface area contributed by atoms with E-state index in [4.69, 9.17) is 0 Å². The van der Waals surface area contributed by atoms with E-state index in [1.165, 1.54) is 23.5 Å². The lowest BCUT2D eigenvalue weighted by Crippen LogP contribution is -2.50. The Morgan fingerprint density at radius 1 is 1.00 bits per heavy atom. The Balaban J connectivity index is 1.22. The van der Waals surface area contributed by atoms with Crippen molar-refractivity contribution < 1.29 is 14.0 Å². The van der Waals surface area contributed by atoms with Crippen molar-refractivity contribution in [3.8, 4) is 0 Å². The Morgan fingerprint density at radius 2 is 1.72 bits per heavy atom. The molecule has 1 fully saturated rings. The highest BCUT2D eigenvalue weighted by molar-refractivity contribution is 7.16. The number of thiazole rings is 1. The number of anilines is 2. The molecule has 1 N–H and O–H groups in total. The summed E-state index contributed by atoms with van der Waals surface area (Å²) < 4.78 is 13.2. The molecule has 1 saturated heterocycles. The highest BCUT2D eigenvalue weighted by Crippen LogP contribution is 2.39. The first-order chi connectivity index (χ1) is 15.6. The zero-order valence-electron chi connectivity index (χ0n) is 17.5. The van der Waals surface area contributed by atoms with Crippen LogP contribution >= 0.6 is 11.3 Å². The number of hydrogen-bond acceptors (Lipinski definition) is 5. The minimum atomic E-state index is -0.249. The van der Waals surface area contributed by atoms with Crippen LogP contribution in [0.3, 0.4) is 0 Å². The molecule has 1 aromatic heterocycles. The van der Waals surface area contributed by atoms with Gasteiger partial charge in [0.2, 0.25) is 5.91 Å². The summed E-state index contributed by atoms with van der Waals surface area (Å²) in [6.45, 7) is 2.69. The highest BCUT2D eigenvalue weighted by atomic mass is 32.1. The normalized spacial score (nSPS) is 17.8. The molecule has 1 atom stereocenters. The molecule has 2 aromatic carbocycles. The summed E-state index contributed by atoms with van der Waals surface area (Å²) in [5.41, 5.74) is 2.36. The van der Waals surface area contributed by atoms with E-state index in [9.17, 15) is 14.0 Å². The Kier molecular flexibility index (Phi) is 5.61. The average molecular weight is 451 g/mol.